The standard InChI is InChI=1S/C27H24ClNO3/c1-27(2,3)22-11-9-19(10-12-22)26(30)32-24-13-8-18(15-25(24)31-4)14-21(17-29)20-6-5-7-23(28)16-20/h5-16H,1-4H3/b21-14-. The SMILES string of the molecule is COc1cc(/C=C(/C#N)c2cccc(Cl)c2)ccc1OC(=O)c1ccc(C(C)(C)C)cc1. The van der Waals surface area contributed by atoms with E-state index in [-0.39, 0.29) is 5.41 Å². The summed E-state index contributed by atoms with van der Waals surface area (Å²) < 4.78 is 11.0. The molecule has 0 aliphatic heterocycles. The first kappa shape index (κ1) is 23.1. The normalized spacial score (nSPS) is 11.6. The maximum absolute atomic E-state index is 12.6. The maximum Gasteiger partial charge on any atom is 0.343 e. The molecule has 32 heavy (non-hydrogen) atoms. The molecule has 0 N–H and O–H groups in total. The number of esters is 1. The Balaban J connectivity index is 1.84. The quantitative estimate of drug-likeness (QED) is 0.185. The van der Waals surface area contributed by atoms with Gasteiger partial charge in [-0.1, -0.05) is 62.7 Å². The summed E-state index contributed by atoms with van der Waals surface area (Å²) in [6.07, 6.45) is 1.73. The number of nitrogens with zero attached hydrogens (tertiary/aromatic N) is 1. The zero-order chi connectivity index (χ0) is 23.3. The molecule has 0 fully saturated rings. The van der Waals surface area contributed by atoms with Crippen LogP contribution in [-0.2, 0) is 5.41 Å². The molecule has 3 aromatic rings. The molecule has 162 valence electrons. The van der Waals surface area contributed by atoms with Gasteiger partial charge in [-0.25, -0.2) is 4.79 Å². The zero-order valence-electron chi connectivity index (χ0n) is 18.5. The van der Waals surface area contributed by atoms with Gasteiger partial charge in [0, 0.05) is 5.02 Å². The molecule has 3 aromatic carbocycles. The minimum Gasteiger partial charge on any atom is -0.493 e. The average Bonchev–Trinajstić information content (AvgIpc) is 2.77. The lowest BCUT2D eigenvalue weighted by Gasteiger charge is -2.19. The highest BCUT2D eigenvalue weighted by molar-refractivity contribution is 6.30. The Morgan fingerprint density at radius 3 is 2.28 bits per heavy atom. The highest BCUT2D eigenvalue weighted by atomic mass is 35.5. The molecule has 0 saturated heterocycles. The number of hydrogen-bond donors (Lipinski definition) is 0. The van der Waals surface area contributed by atoms with Crippen LogP contribution in [0.5, 0.6) is 11.5 Å². The van der Waals surface area contributed by atoms with Gasteiger partial charge in [0.2, 0.25) is 0 Å². The lowest BCUT2D eigenvalue weighted by atomic mass is 9.87. The lowest BCUT2D eigenvalue weighted by Crippen LogP contribution is -2.13. The predicted molar refractivity (Wildman–Crippen MR) is 128 cm³/mol. The minimum atomic E-state index is -0.469. The zero-order valence-corrected chi connectivity index (χ0v) is 19.2. The van der Waals surface area contributed by atoms with Gasteiger partial charge >= 0.3 is 5.97 Å². The molecule has 0 spiro atoms. The van der Waals surface area contributed by atoms with Crippen molar-refractivity contribution in [1.29, 1.82) is 5.26 Å². The fourth-order valence-electron chi connectivity index (χ4n) is 3.13. The molecular formula is C27H24ClNO3. The summed E-state index contributed by atoms with van der Waals surface area (Å²) in [5, 5.41) is 10.1. The van der Waals surface area contributed by atoms with E-state index in [1.165, 1.54) is 7.11 Å². The Bertz CT molecular complexity index is 1200. The third-order valence-corrected chi connectivity index (χ3v) is 5.18. The summed E-state index contributed by atoms with van der Waals surface area (Å²) >= 11 is 6.04. The van der Waals surface area contributed by atoms with Crippen molar-refractivity contribution >= 4 is 29.2 Å². The molecule has 0 saturated carbocycles. The summed E-state index contributed by atoms with van der Waals surface area (Å²) in [7, 11) is 1.50. The van der Waals surface area contributed by atoms with E-state index in [4.69, 9.17) is 21.1 Å². The Morgan fingerprint density at radius 2 is 1.69 bits per heavy atom. The Kier molecular flexibility index (Phi) is 7.02. The van der Waals surface area contributed by atoms with Gasteiger partial charge in [-0.3, -0.25) is 0 Å². The van der Waals surface area contributed by atoms with Crippen molar-refractivity contribution < 1.29 is 14.3 Å². The van der Waals surface area contributed by atoms with Crippen molar-refractivity contribution in [3.05, 3.63) is 94.0 Å². The fraction of sp³-hybridized carbons (Fsp3) is 0.185. The first-order valence-corrected chi connectivity index (χ1v) is 10.5. The Labute approximate surface area is 193 Å². The van der Waals surface area contributed by atoms with E-state index in [0.29, 0.717) is 33.2 Å². The van der Waals surface area contributed by atoms with Gasteiger partial charge in [-0.05, 0) is 64.6 Å². The van der Waals surface area contributed by atoms with Crippen LogP contribution in [0.1, 0.15) is 47.8 Å². The van der Waals surface area contributed by atoms with Crippen molar-refractivity contribution in [2.75, 3.05) is 7.11 Å². The number of halogens is 1. The van der Waals surface area contributed by atoms with Crippen LogP contribution < -0.4 is 9.47 Å². The van der Waals surface area contributed by atoms with Gasteiger partial charge in [0.1, 0.15) is 0 Å². The molecule has 0 bridgehead atoms. The number of benzene rings is 3. The Morgan fingerprint density at radius 1 is 0.969 bits per heavy atom. The second-order valence-electron chi connectivity index (χ2n) is 8.31. The Hall–Kier alpha value is -3.55. The number of methoxy groups -OCH3 is 1. The number of allylic oxidation sites excluding steroid dienone is 1. The lowest BCUT2D eigenvalue weighted by molar-refractivity contribution is 0.0729. The van der Waals surface area contributed by atoms with Crippen LogP contribution in [0.25, 0.3) is 11.6 Å². The maximum atomic E-state index is 12.6. The number of hydrogen-bond acceptors (Lipinski definition) is 4. The summed E-state index contributed by atoms with van der Waals surface area (Å²) in [6.45, 7) is 6.35. The second kappa shape index (κ2) is 9.72. The topological polar surface area (TPSA) is 59.3 Å². The van der Waals surface area contributed by atoms with E-state index in [9.17, 15) is 10.1 Å². The highest BCUT2D eigenvalue weighted by Gasteiger charge is 2.16. The molecule has 0 radical (unpaired) electrons. The first-order valence-electron chi connectivity index (χ1n) is 10.1. The molecule has 0 aliphatic carbocycles. The predicted octanol–water partition coefficient (Wildman–Crippen LogP) is 6.93. The molecule has 0 unspecified atom stereocenters. The van der Waals surface area contributed by atoms with Crippen LogP contribution in [-0.4, -0.2) is 13.1 Å². The molecule has 0 aromatic heterocycles. The van der Waals surface area contributed by atoms with E-state index >= 15 is 0 Å². The molecule has 4 nitrogen and oxygen atoms in total. The number of ether oxygens (including phenoxy) is 2. The average molecular weight is 446 g/mol. The van der Waals surface area contributed by atoms with E-state index in [1.807, 2.05) is 18.2 Å². The van der Waals surface area contributed by atoms with Crippen LogP contribution in [0.3, 0.4) is 0 Å². The molecule has 5 heteroatoms. The van der Waals surface area contributed by atoms with E-state index in [2.05, 4.69) is 26.8 Å². The van der Waals surface area contributed by atoms with Crippen LogP contribution in [0, 0.1) is 11.3 Å². The van der Waals surface area contributed by atoms with Crippen LogP contribution in [0.15, 0.2) is 66.7 Å². The van der Waals surface area contributed by atoms with Crippen LogP contribution in [0.4, 0.5) is 0 Å². The first-order chi connectivity index (χ1) is 15.2. The van der Waals surface area contributed by atoms with Crippen molar-refractivity contribution in [3.8, 4) is 17.6 Å². The number of carbonyl (C=O) groups excluding carboxylic acids is 1. The molecule has 3 rings (SSSR count). The smallest absolute Gasteiger partial charge is 0.343 e. The number of rotatable bonds is 5. The summed E-state index contributed by atoms with van der Waals surface area (Å²) in [5.74, 6) is 0.223. The minimum absolute atomic E-state index is 0.00235. The van der Waals surface area contributed by atoms with E-state index in [1.54, 1.807) is 54.6 Å². The molecular weight excluding hydrogens is 422 g/mol. The third kappa shape index (κ3) is 5.57. The summed E-state index contributed by atoms with van der Waals surface area (Å²) in [4.78, 5) is 12.6. The van der Waals surface area contributed by atoms with Gasteiger partial charge in [0.15, 0.2) is 11.5 Å². The molecule has 0 atom stereocenters. The van der Waals surface area contributed by atoms with Crippen molar-refractivity contribution in [1.82, 2.24) is 0 Å². The van der Waals surface area contributed by atoms with E-state index in [0.717, 1.165) is 11.1 Å². The summed E-state index contributed by atoms with van der Waals surface area (Å²) in [6, 6.07) is 21.8. The molecule has 0 amide bonds. The second-order valence-corrected chi connectivity index (χ2v) is 8.74. The largest absolute Gasteiger partial charge is 0.493 e. The summed E-state index contributed by atoms with van der Waals surface area (Å²) in [5.41, 5.74) is 3.49. The van der Waals surface area contributed by atoms with Gasteiger partial charge in [0.05, 0.1) is 24.3 Å². The third-order valence-electron chi connectivity index (χ3n) is 4.94. The van der Waals surface area contributed by atoms with Gasteiger partial charge < -0.3 is 9.47 Å². The van der Waals surface area contributed by atoms with Crippen molar-refractivity contribution in [3.63, 3.8) is 0 Å². The van der Waals surface area contributed by atoms with Crippen molar-refractivity contribution in [2.45, 2.75) is 26.2 Å². The number of carbonyl (C=O) groups is 1. The van der Waals surface area contributed by atoms with Gasteiger partial charge in [-0.15, -0.1) is 0 Å². The van der Waals surface area contributed by atoms with Gasteiger partial charge in [-0.2, -0.15) is 5.26 Å². The van der Waals surface area contributed by atoms with Crippen LogP contribution >= 0.6 is 11.6 Å². The fourth-order valence-corrected chi connectivity index (χ4v) is 3.32. The molecule has 0 heterocycles. The van der Waals surface area contributed by atoms with E-state index < -0.39 is 5.97 Å². The highest BCUT2D eigenvalue weighted by Crippen LogP contribution is 2.31. The van der Waals surface area contributed by atoms with Crippen LogP contribution in [0.2, 0.25) is 5.02 Å². The number of nitriles is 1. The van der Waals surface area contributed by atoms with Gasteiger partial charge in [0.25, 0.3) is 0 Å². The van der Waals surface area contributed by atoms with Crippen molar-refractivity contribution in [2.24, 2.45) is 0 Å². The monoisotopic (exact) mass is 445 g/mol. The molecule has 0 aliphatic rings.